The Balaban J connectivity index is 1.40. The standard InChI is InChI=1S/C18H26N4O2/c1-12-18-20-15(10-16(23)19-14-3-2-4-14)11-21(18)7-8-22(12)17(24)9-13-5-6-13/h11-14H,2-10H2,1H3,(H,19,23)/t12-/m1/s1. The van der Waals surface area contributed by atoms with Gasteiger partial charge in [0.25, 0.3) is 0 Å². The van der Waals surface area contributed by atoms with Crippen molar-refractivity contribution in [1.82, 2.24) is 19.8 Å². The number of aromatic nitrogens is 2. The van der Waals surface area contributed by atoms with Gasteiger partial charge < -0.3 is 14.8 Å². The zero-order valence-corrected chi connectivity index (χ0v) is 14.3. The first-order chi connectivity index (χ1) is 11.6. The number of imidazole rings is 1. The molecule has 0 aromatic carbocycles. The van der Waals surface area contributed by atoms with Crippen molar-refractivity contribution >= 4 is 11.8 Å². The molecular formula is C18H26N4O2. The van der Waals surface area contributed by atoms with E-state index >= 15 is 0 Å². The summed E-state index contributed by atoms with van der Waals surface area (Å²) in [5.41, 5.74) is 0.810. The Morgan fingerprint density at radius 2 is 2.04 bits per heavy atom. The molecule has 0 unspecified atom stereocenters. The molecule has 2 saturated carbocycles. The summed E-state index contributed by atoms with van der Waals surface area (Å²) in [4.78, 5) is 31.1. The molecule has 0 saturated heterocycles. The SMILES string of the molecule is C[C@@H]1c2nc(CC(=O)NC3CCC3)cn2CCN1C(=O)CC1CC1. The number of hydrogen-bond acceptors (Lipinski definition) is 3. The first-order valence-corrected chi connectivity index (χ1v) is 9.25. The lowest BCUT2D eigenvalue weighted by Crippen LogP contribution is -2.41. The van der Waals surface area contributed by atoms with Crippen LogP contribution in [0.4, 0.5) is 0 Å². The van der Waals surface area contributed by atoms with Crippen LogP contribution in [0.2, 0.25) is 0 Å². The molecule has 2 amide bonds. The number of nitrogens with zero attached hydrogens (tertiary/aromatic N) is 3. The second-order valence-corrected chi connectivity index (χ2v) is 7.57. The average Bonchev–Trinajstić information content (AvgIpc) is 3.21. The van der Waals surface area contributed by atoms with Crippen LogP contribution >= 0.6 is 0 Å². The number of carbonyl (C=O) groups excluding carboxylic acids is 2. The predicted molar refractivity (Wildman–Crippen MR) is 89.2 cm³/mol. The highest BCUT2D eigenvalue weighted by Crippen LogP contribution is 2.34. The van der Waals surface area contributed by atoms with Crippen molar-refractivity contribution in [3.05, 3.63) is 17.7 Å². The van der Waals surface area contributed by atoms with Gasteiger partial charge in [-0.3, -0.25) is 9.59 Å². The minimum atomic E-state index is -0.00607. The highest BCUT2D eigenvalue weighted by molar-refractivity contribution is 5.78. The molecule has 0 spiro atoms. The van der Waals surface area contributed by atoms with E-state index in [1.54, 1.807) is 0 Å². The third-order valence-corrected chi connectivity index (χ3v) is 5.57. The summed E-state index contributed by atoms with van der Waals surface area (Å²) in [5.74, 6) is 1.84. The topological polar surface area (TPSA) is 67.2 Å². The lowest BCUT2D eigenvalue weighted by molar-refractivity contribution is -0.135. The fourth-order valence-electron chi connectivity index (χ4n) is 3.66. The number of hydrogen-bond donors (Lipinski definition) is 1. The van der Waals surface area contributed by atoms with E-state index in [1.165, 1.54) is 19.3 Å². The maximum atomic E-state index is 12.4. The molecule has 2 aliphatic carbocycles. The van der Waals surface area contributed by atoms with Crippen LogP contribution in [-0.4, -0.2) is 38.9 Å². The largest absolute Gasteiger partial charge is 0.353 e. The normalized spacial score (nSPS) is 23.5. The van der Waals surface area contributed by atoms with Crippen molar-refractivity contribution in [3.8, 4) is 0 Å². The van der Waals surface area contributed by atoms with Crippen molar-refractivity contribution in [2.75, 3.05) is 6.54 Å². The van der Waals surface area contributed by atoms with Crippen LogP contribution in [0.25, 0.3) is 0 Å². The Hall–Kier alpha value is -1.85. The van der Waals surface area contributed by atoms with Gasteiger partial charge in [0.1, 0.15) is 5.82 Å². The zero-order valence-electron chi connectivity index (χ0n) is 14.3. The lowest BCUT2D eigenvalue weighted by Gasteiger charge is -2.34. The highest BCUT2D eigenvalue weighted by Gasteiger charge is 2.33. The minimum Gasteiger partial charge on any atom is -0.353 e. The molecule has 24 heavy (non-hydrogen) atoms. The molecule has 1 atom stereocenters. The predicted octanol–water partition coefficient (Wildman–Crippen LogP) is 1.80. The number of nitrogens with one attached hydrogen (secondary N) is 1. The third kappa shape index (κ3) is 3.19. The summed E-state index contributed by atoms with van der Waals surface area (Å²) in [6.07, 6.45) is 8.80. The fraction of sp³-hybridized carbons (Fsp3) is 0.722. The monoisotopic (exact) mass is 330 g/mol. The van der Waals surface area contributed by atoms with Gasteiger partial charge in [-0.1, -0.05) is 0 Å². The van der Waals surface area contributed by atoms with Gasteiger partial charge in [0, 0.05) is 31.7 Å². The van der Waals surface area contributed by atoms with Crippen molar-refractivity contribution in [3.63, 3.8) is 0 Å². The van der Waals surface area contributed by atoms with Crippen molar-refractivity contribution in [2.24, 2.45) is 5.92 Å². The summed E-state index contributed by atoms with van der Waals surface area (Å²) in [7, 11) is 0. The smallest absolute Gasteiger partial charge is 0.226 e. The van der Waals surface area contributed by atoms with E-state index in [1.807, 2.05) is 18.0 Å². The minimum absolute atomic E-state index is 0.00607. The van der Waals surface area contributed by atoms with Crippen molar-refractivity contribution < 1.29 is 9.59 Å². The number of amides is 2. The summed E-state index contributed by atoms with van der Waals surface area (Å²) >= 11 is 0. The molecule has 4 rings (SSSR count). The summed E-state index contributed by atoms with van der Waals surface area (Å²) in [6.45, 7) is 3.55. The molecular weight excluding hydrogens is 304 g/mol. The van der Waals surface area contributed by atoms with Gasteiger partial charge in [0.15, 0.2) is 0 Å². The molecule has 6 nitrogen and oxygen atoms in total. The molecule has 130 valence electrons. The highest BCUT2D eigenvalue weighted by atomic mass is 16.2. The molecule has 1 aromatic heterocycles. The van der Waals surface area contributed by atoms with Gasteiger partial charge >= 0.3 is 0 Å². The van der Waals surface area contributed by atoms with Crippen LogP contribution in [0, 0.1) is 5.92 Å². The van der Waals surface area contributed by atoms with Gasteiger partial charge in [-0.2, -0.15) is 0 Å². The fourth-order valence-corrected chi connectivity index (χ4v) is 3.66. The average molecular weight is 330 g/mol. The Kier molecular flexibility index (Phi) is 4.06. The number of fused-ring (bicyclic) bond motifs is 1. The summed E-state index contributed by atoms with van der Waals surface area (Å²) < 4.78 is 2.11. The Bertz CT molecular complexity index is 645. The lowest BCUT2D eigenvalue weighted by atomic mass is 9.93. The molecule has 0 radical (unpaired) electrons. The maximum Gasteiger partial charge on any atom is 0.226 e. The van der Waals surface area contributed by atoms with E-state index in [0.29, 0.717) is 24.8 Å². The van der Waals surface area contributed by atoms with Crippen molar-refractivity contribution in [1.29, 1.82) is 0 Å². The van der Waals surface area contributed by atoms with E-state index in [2.05, 4.69) is 14.9 Å². The molecule has 1 aliphatic heterocycles. The maximum absolute atomic E-state index is 12.4. The molecule has 6 heteroatoms. The Morgan fingerprint density at radius 1 is 1.25 bits per heavy atom. The Labute approximate surface area is 142 Å². The molecule has 3 aliphatic rings. The second kappa shape index (κ2) is 6.22. The van der Waals surface area contributed by atoms with Crippen LogP contribution < -0.4 is 5.32 Å². The van der Waals surface area contributed by atoms with Gasteiger partial charge in [0.05, 0.1) is 18.2 Å². The van der Waals surface area contributed by atoms with Gasteiger partial charge in [0.2, 0.25) is 11.8 Å². The van der Waals surface area contributed by atoms with E-state index in [9.17, 15) is 9.59 Å². The van der Waals surface area contributed by atoms with Crippen LogP contribution in [0.5, 0.6) is 0 Å². The molecule has 1 N–H and O–H groups in total. The number of rotatable bonds is 5. The van der Waals surface area contributed by atoms with Gasteiger partial charge in [-0.15, -0.1) is 0 Å². The van der Waals surface area contributed by atoms with Crippen LogP contribution in [0.15, 0.2) is 6.20 Å². The molecule has 2 fully saturated rings. The first kappa shape index (κ1) is 15.7. The van der Waals surface area contributed by atoms with Crippen molar-refractivity contribution in [2.45, 2.75) is 70.5 Å². The zero-order chi connectivity index (χ0) is 16.7. The van der Waals surface area contributed by atoms with E-state index in [-0.39, 0.29) is 17.9 Å². The quantitative estimate of drug-likeness (QED) is 0.895. The van der Waals surface area contributed by atoms with Crippen LogP contribution in [-0.2, 0) is 22.6 Å². The van der Waals surface area contributed by atoms with E-state index < -0.39 is 0 Å². The van der Waals surface area contributed by atoms with Crippen LogP contribution in [0.3, 0.4) is 0 Å². The first-order valence-electron chi connectivity index (χ1n) is 9.25. The summed E-state index contributed by atoms with van der Waals surface area (Å²) in [6, 6.07) is 0.359. The molecule has 1 aromatic rings. The van der Waals surface area contributed by atoms with Gasteiger partial charge in [-0.25, -0.2) is 4.98 Å². The van der Waals surface area contributed by atoms with Crippen LogP contribution in [0.1, 0.15) is 63.0 Å². The third-order valence-electron chi connectivity index (χ3n) is 5.57. The second-order valence-electron chi connectivity index (χ2n) is 7.57. The summed E-state index contributed by atoms with van der Waals surface area (Å²) in [5, 5.41) is 3.06. The molecule has 2 heterocycles. The van der Waals surface area contributed by atoms with E-state index in [0.717, 1.165) is 37.4 Å². The number of carbonyl (C=O) groups is 2. The Morgan fingerprint density at radius 3 is 2.71 bits per heavy atom. The van der Waals surface area contributed by atoms with E-state index in [4.69, 9.17) is 0 Å². The molecule has 0 bridgehead atoms. The van der Waals surface area contributed by atoms with Gasteiger partial charge in [-0.05, 0) is 44.9 Å².